The summed E-state index contributed by atoms with van der Waals surface area (Å²) in [6.45, 7) is 0. The highest BCUT2D eigenvalue weighted by Gasteiger charge is 2.29. The molecule has 7 heteroatoms. The Hall–Kier alpha value is -1.58. The van der Waals surface area contributed by atoms with Gasteiger partial charge in [-0.1, -0.05) is 41.4 Å². The summed E-state index contributed by atoms with van der Waals surface area (Å²) < 4.78 is 0. The summed E-state index contributed by atoms with van der Waals surface area (Å²) in [5.41, 5.74) is 2.46. The van der Waals surface area contributed by atoms with Crippen molar-refractivity contribution < 1.29 is 4.79 Å². The predicted molar refractivity (Wildman–Crippen MR) is 114 cm³/mol. The van der Waals surface area contributed by atoms with Gasteiger partial charge in [-0.2, -0.15) is 5.26 Å². The smallest absolute Gasteiger partial charge is 0.225 e. The molecule has 2 aromatic carbocycles. The number of benzene rings is 2. The number of amides is 1. The number of hydrogen-bond donors (Lipinski definition) is 1. The van der Waals surface area contributed by atoms with E-state index in [0.717, 1.165) is 16.0 Å². The Morgan fingerprint density at radius 2 is 1.96 bits per heavy atom. The average Bonchev–Trinajstić information content (AvgIpc) is 2.67. The summed E-state index contributed by atoms with van der Waals surface area (Å²) in [4.78, 5) is 13.4. The number of nitrogens with one attached hydrogen (secondary N) is 1. The number of rotatable bonds is 5. The van der Waals surface area contributed by atoms with E-state index in [-0.39, 0.29) is 18.2 Å². The van der Waals surface area contributed by atoms with Crippen LogP contribution in [0.25, 0.3) is 0 Å². The molecular formula is C20H16Cl2N2OS2. The molecule has 0 aromatic heterocycles. The van der Waals surface area contributed by atoms with Crippen molar-refractivity contribution in [1.29, 1.82) is 5.26 Å². The first-order chi connectivity index (χ1) is 13.0. The van der Waals surface area contributed by atoms with Gasteiger partial charge in [0.05, 0.1) is 16.7 Å². The zero-order valence-corrected chi connectivity index (χ0v) is 17.6. The van der Waals surface area contributed by atoms with Gasteiger partial charge in [-0.3, -0.25) is 4.79 Å². The van der Waals surface area contributed by atoms with Crippen LogP contribution in [0.4, 0.5) is 0 Å². The maximum Gasteiger partial charge on any atom is 0.225 e. The fourth-order valence-corrected chi connectivity index (χ4v) is 4.89. The lowest BCUT2D eigenvalue weighted by molar-refractivity contribution is -0.120. The third-order valence-corrected chi connectivity index (χ3v) is 6.66. The van der Waals surface area contributed by atoms with E-state index in [4.69, 9.17) is 23.2 Å². The monoisotopic (exact) mass is 434 g/mol. The maximum absolute atomic E-state index is 12.2. The Labute approximate surface area is 177 Å². The number of nitriles is 1. The Bertz CT molecular complexity index is 936. The van der Waals surface area contributed by atoms with Crippen LogP contribution in [0.5, 0.6) is 0 Å². The minimum Gasteiger partial charge on any atom is -0.320 e. The normalized spacial score (nSPS) is 16.8. The van der Waals surface area contributed by atoms with Crippen molar-refractivity contribution >= 4 is 52.6 Å². The second-order valence-corrected chi connectivity index (χ2v) is 8.67. The molecule has 1 atom stereocenters. The number of hydrogen-bond acceptors (Lipinski definition) is 4. The zero-order valence-electron chi connectivity index (χ0n) is 14.5. The molecule has 1 amide bonds. The van der Waals surface area contributed by atoms with Gasteiger partial charge >= 0.3 is 0 Å². The van der Waals surface area contributed by atoms with Crippen molar-refractivity contribution in [3.63, 3.8) is 0 Å². The Balaban J connectivity index is 1.87. The number of nitrogens with zero attached hydrogens (tertiary/aromatic N) is 1. The third-order valence-electron chi connectivity index (χ3n) is 4.26. The molecule has 0 saturated heterocycles. The molecule has 0 saturated carbocycles. The lowest BCUT2D eigenvalue weighted by atomic mass is 9.87. The Kier molecular flexibility index (Phi) is 6.78. The molecule has 1 aliphatic rings. The summed E-state index contributed by atoms with van der Waals surface area (Å²) in [6.07, 6.45) is 2.29. The molecule has 2 aromatic rings. The molecule has 0 fully saturated rings. The van der Waals surface area contributed by atoms with Crippen LogP contribution >= 0.6 is 46.7 Å². The molecule has 0 aliphatic carbocycles. The first kappa shape index (κ1) is 20.2. The van der Waals surface area contributed by atoms with E-state index in [1.807, 2.05) is 36.6 Å². The summed E-state index contributed by atoms with van der Waals surface area (Å²) in [7, 11) is 0. The van der Waals surface area contributed by atoms with Crippen LogP contribution < -0.4 is 5.32 Å². The van der Waals surface area contributed by atoms with Crippen LogP contribution in [0.1, 0.15) is 23.5 Å². The topological polar surface area (TPSA) is 52.9 Å². The van der Waals surface area contributed by atoms with Crippen molar-refractivity contribution in [3.05, 3.63) is 74.2 Å². The number of thioether (sulfide) groups is 2. The van der Waals surface area contributed by atoms with Gasteiger partial charge in [0.1, 0.15) is 0 Å². The Morgan fingerprint density at radius 1 is 1.22 bits per heavy atom. The molecule has 1 N–H and O–H groups in total. The van der Waals surface area contributed by atoms with E-state index in [0.29, 0.717) is 26.4 Å². The van der Waals surface area contributed by atoms with Crippen LogP contribution in [0, 0.1) is 11.3 Å². The minimum absolute atomic E-state index is 0.0855. The molecule has 3 rings (SSSR count). The summed E-state index contributed by atoms with van der Waals surface area (Å²) in [6, 6.07) is 15.6. The second kappa shape index (κ2) is 9.07. The number of halogens is 2. The SMILES string of the molecule is CSc1ccc([C@@H]2CC(=O)NC(SCc3ccc(Cl)cc3Cl)=C2C#N)cc1. The van der Waals surface area contributed by atoms with E-state index in [1.54, 1.807) is 23.9 Å². The first-order valence-corrected chi connectivity index (χ1v) is 11.1. The van der Waals surface area contributed by atoms with Crippen LogP contribution in [0.2, 0.25) is 10.0 Å². The van der Waals surface area contributed by atoms with Gasteiger partial charge in [0.15, 0.2) is 0 Å². The predicted octanol–water partition coefficient (Wildman–Crippen LogP) is 5.99. The molecule has 1 heterocycles. The largest absolute Gasteiger partial charge is 0.320 e. The third kappa shape index (κ3) is 4.83. The van der Waals surface area contributed by atoms with E-state index < -0.39 is 0 Å². The maximum atomic E-state index is 12.2. The first-order valence-electron chi connectivity index (χ1n) is 8.16. The van der Waals surface area contributed by atoms with Gasteiger partial charge in [-0.05, 0) is 41.6 Å². The highest BCUT2D eigenvalue weighted by Crippen LogP contribution is 2.38. The zero-order chi connectivity index (χ0) is 19.4. The molecule has 3 nitrogen and oxygen atoms in total. The number of carbonyl (C=O) groups is 1. The van der Waals surface area contributed by atoms with Gasteiger partial charge in [-0.25, -0.2) is 0 Å². The van der Waals surface area contributed by atoms with Crippen LogP contribution in [0.15, 0.2) is 58.0 Å². The second-order valence-electron chi connectivity index (χ2n) is 5.96. The average molecular weight is 435 g/mol. The van der Waals surface area contributed by atoms with E-state index >= 15 is 0 Å². The van der Waals surface area contributed by atoms with Crippen molar-refractivity contribution in [1.82, 2.24) is 5.32 Å². The molecule has 1 aliphatic heterocycles. The highest BCUT2D eigenvalue weighted by molar-refractivity contribution is 8.02. The van der Waals surface area contributed by atoms with Crippen LogP contribution in [-0.2, 0) is 10.5 Å². The van der Waals surface area contributed by atoms with E-state index in [2.05, 4.69) is 11.4 Å². The summed E-state index contributed by atoms with van der Waals surface area (Å²) >= 11 is 15.2. The van der Waals surface area contributed by atoms with Crippen molar-refractivity contribution in [2.75, 3.05) is 6.26 Å². The molecule has 0 bridgehead atoms. The molecule has 138 valence electrons. The molecule has 0 spiro atoms. The van der Waals surface area contributed by atoms with Gasteiger partial charge in [0.2, 0.25) is 5.91 Å². The van der Waals surface area contributed by atoms with Gasteiger partial charge < -0.3 is 5.32 Å². The quantitative estimate of drug-likeness (QED) is 0.587. The lowest BCUT2D eigenvalue weighted by Crippen LogP contribution is -2.30. The van der Waals surface area contributed by atoms with Crippen LogP contribution in [-0.4, -0.2) is 12.2 Å². The summed E-state index contributed by atoms with van der Waals surface area (Å²) in [5.74, 6) is 0.218. The lowest BCUT2D eigenvalue weighted by Gasteiger charge is -2.25. The fraction of sp³-hybridized carbons (Fsp3) is 0.200. The van der Waals surface area contributed by atoms with Gasteiger partial charge in [-0.15, -0.1) is 23.5 Å². The molecule has 0 unspecified atom stereocenters. The van der Waals surface area contributed by atoms with E-state index in [9.17, 15) is 10.1 Å². The molecule has 27 heavy (non-hydrogen) atoms. The van der Waals surface area contributed by atoms with Crippen molar-refractivity contribution in [2.24, 2.45) is 0 Å². The van der Waals surface area contributed by atoms with Gasteiger partial charge in [0.25, 0.3) is 0 Å². The number of carbonyl (C=O) groups excluding carboxylic acids is 1. The van der Waals surface area contributed by atoms with Crippen molar-refractivity contribution in [2.45, 2.75) is 23.0 Å². The van der Waals surface area contributed by atoms with Crippen molar-refractivity contribution in [3.8, 4) is 6.07 Å². The molecular weight excluding hydrogens is 419 g/mol. The summed E-state index contributed by atoms with van der Waals surface area (Å²) in [5, 5.41) is 14.3. The highest BCUT2D eigenvalue weighted by atomic mass is 35.5. The van der Waals surface area contributed by atoms with Gasteiger partial charge in [0, 0.05) is 33.0 Å². The van der Waals surface area contributed by atoms with E-state index in [1.165, 1.54) is 11.8 Å². The van der Waals surface area contributed by atoms with Crippen LogP contribution in [0.3, 0.4) is 0 Å². The number of allylic oxidation sites excluding steroid dienone is 1. The Morgan fingerprint density at radius 3 is 2.59 bits per heavy atom. The molecule has 0 radical (unpaired) electrons. The standard InChI is InChI=1S/C20H16Cl2N2OS2/c1-26-15-6-3-12(4-7-15)16-9-19(25)24-20(17(16)10-23)27-11-13-2-5-14(21)8-18(13)22/h2-8,16H,9,11H2,1H3,(H,24,25)/t16-/m0/s1. The minimum atomic E-state index is -0.233. The fourth-order valence-electron chi connectivity index (χ4n) is 2.84.